The second-order valence-corrected chi connectivity index (χ2v) is 8.00. The summed E-state index contributed by atoms with van der Waals surface area (Å²) in [6, 6.07) is 15.2. The molecule has 0 saturated heterocycles. The van der Waals surface area contributed by atoms with Crippen LogP contribution in [0, 0.1) is 6.92 Å². The van der Waals surface area contributed by atoms with Crippen molar-refractivity contribution in [2.24, 2.45) is 0 Å². The van der Waals surface area contributed by atoms with E-state index in [0.29, 0.717) is 17.0 Å². The molecule has 1 heterocycles. The van der Waals surface area contributed by atoms with Gasteiger partial charge in [0.05, 0.1) is 19.3 Å². The number of nitrogens with zero attached hydrogens (tertiary/aromatic N) is 2. The first-order chi connectivity index (χ1) is 13.2. The van der Waals surface area contributed by atoms with E-state index in [-0.39, 0.29) is 23.2 Å². The van der Waals surface area contributed by atoms with Crippen LogP contribution < -0.4 is 16.0 Å². The molecule has 2 aromatic carbocycles. The molecule has 3 aromatic rings. The third-order valence-electron chi connectivity index (χ3n) is 4.85. The zero-order chi connectivity index (χ0) is 20.5. The van der Waals surface area contributed by atoms with Gasteiger partial charge in [-0.05, 0) is 47.7 Å². The largest absolute Gasteiger partial charge is 0.497 e. The summed E-state index contributed by atoms with van der Waals surface area (Å²) < 4.78 is 7.95. The van der Waals surface area contributed by atoms with E-state index in [1.165, 1.54) is 14.7 Å². The van der Waals surface area contributed by atoms with Gasteiger partial charge in [0.15, 0.2) is 0 Å². The highest BCUT2D eigenvalue weighted by Gasteiger charge is 2.14. The molecule has 0 amide bonds. The molecule has 0 unspecified atom stereocenters. The Morgan fingerprint density at radius 1 is 0.929 bits per heavy atom. The molecule has 5 nitrogen and oxygen atoms in total. The lowest BCUT2D eigenvalue weighted by Crippen LogP contribution is -2.40. The van der Waals surface area contributed by atoms with Crippen molar-refractivity contribution in [2.45, 2.75) is 39.7 Å². The fourth-order valence-corrected chi connectivity index (χ4v) is 3.09. The Labute approximate surface area is 164 Å². The first-order valence-corrected chi connectivity index (χ1v) is 9.27. The molecule has 146 valence electrons. The van der Waals surface area contributed by atoms with Gasteiger partial charge in [-0.1, -0.05) is 45.0 Å². The van der Waals surface area contributed by atoms with Crippen LogP contribution in [-0.4, -0.2) is 16.2 Å². The van der Waals surface area contributed by atoms with E-state index in [2.05, 4.69) is 32.9 Å². The molecule has 0 aliphatic rings. The summed E-state index contributed by atoms with van der Waals surface area (Å²) in [6.45, 7) is 8.42. The molecule has 0 fully saturated rings. The fraction of sp³-hybridized carbons (Fsp3) is 0.304. The van der Waals surface area contributed by atoms with E-state index in [1.54, 1.807) is 44.5 Å². The van der Waals surface area contributed by atoms with E-state index in [1.807, 2.05) is 12.1 Å². The Hall–Kier alpha value is -3.08. The summed E-state index contributed by atoms with van der Waals surface area (Å²) >= 11 is 0. The smallest absolute Gasteiger partial charge is 0.335 e. The topological polar surface area (TPSA) is 53.2 Å². The van der Waals surface area contributed by atoms with E-state index in [9.17, 15) is 9.59 Å². The first-order valence-electron chi connectivity index (χ1n) is 9.27. The SMILES string of the molecule is COc1ccc(-n2cc(C)c(=O)n(Cc3ccc(C(C)(C)C)cc3)c2=O)cc1. The number of ether oxygens (including phenoxy) is 1. The predicted octanol–water partition coefficient (Wildman–Crippen LogP) is 3.66. The molecule has 3 rings (SSSR count). The average molecular weight is 378 g/mol. The molecule has 0 saturated carbocycles. The van der Waals surface area contributed by atoms with E-state index < -0.39 is 0 Å². The van der Waals surface area contributed by atoms with Crippen LogP contribution in [0.25, 0.3) is 5.69 Å². The summed E-state index contributed by atoms with van der Waals surface area (Å²) in [5, 5.41) is 0. The van der Waals surface area contributed by atoms with Crippen LogP contribution >= 0.6 is 0 Å². The maximum Gasteiger partial charge on any atom is 0.335 e. The van der Waals surface area contributed by atoms with Gasteiger partial charge in [-0.3, -0.25) is 13.9 Å². The Balaban J connectivity index is 2.02. The van der Waals surface area contributed by atoms with Crippen molar-refractivity contribution in [2.75, 3.05) is 7.11 Å². The van der Waals surface area contributed by atoms with Crippen LogP contribution in [0.4, 0.5) is 0 Å². The van der Waals surface area contributed by atoms with E-state index in [4.69, 9.17) is 4.74 Å². The predicted molar refractivity (Wildman–Crippen MR) is 112 cm³/mol. The van der Waals surface area contributed by atoms with Crippen LogP contribution in [0.5, 0.6) is 5.75 Å². The molecule has 0 bridgehead atoms. The van der Waals surface area contributed by atoms with E-state index in [0.717, 1.165) is 5.56 Å². The first kappa shape index (κ1) is 19.7. The molecule has 0 radical (unpaired) electrons. The van der Waals surface area contributed by atoms with Gasteiger partial charge < -0.3 is 4.74 Å². The lowest BCUT2D eigenvalue weighted by Gasteiger charge is -2.19. The van der Waals surface area contributed by atoms with Crippen molar-refractivity contribution in [1.29, 1.82) is 0 Å². The number of hydrogen-bond acceptors (Lipinski definition) is 3. The molecule has 0 N–H and O–H groups in total. The highest BCUT2D eigenvalue weighted by Crippen LogP contribution is 2.22. The van der Waals surface area contributed by atoms with Crippen molar-refractivity contribution in [3.63, 3.8) is 0 Å². The van der Waals surface area contributed by atoms with Gasteiger partial charge in [-0.25, -0.2) is 4.79 Å². The average Bonchev–Trinajstić information content (AvgIpc) is 2.68. The minimum atomic E-state index is -0.360. The fourth-order valence-electron chi connectivity index (χ4n) is 3.09. The Morgan fingerprint density at radius 3 is 2.07 bits per heavy atom. The summed E-state index contributed by atoms with van der Waals surface area (Å²) in [4.78, 5) is 25.7. The molecule has 0 aliphatic carbocycles. The number of aromatic nitrogens is 2. The summed E-state index contributed by atoms with van der Waals surface area (Å²) in [5.74, 6) is 0.709. The highest BCUT2D eigenvalue weighted by molar-refractivity contribution is 5.37. The molecule has 1 aromatic heterocycles. The molecule has 0 atom stereocenters. The Morgan fingerprint density at radius 2 is 1.54 bits per heavy atom. The van der Waals surface area contributed by atoms with Crippen LogP contribution in [-0.2, 0) is 12.0 Å². The summed E-state index contributed by atoms with van der Waals surface area (Å²) in [6.07, 6.45) is 1.59. The third-order valence-corrected chi connectivity index (χ3v) is 4.85. The molecule has 0 spiro atoms. The minimum Gasteiger partial charge on any atom is -0.497 e. The van der Waals surface area contributed by atoms with Gasteiger partial charge in [0.25, 0.3) is 5.56 Å². The number of methoxy groups -OCH3 is 1. The molecule has 5 heteroatoms. The standard InChI is InChI=1S/C23H26N2O3/c1-16-14-24(19-10-12-20(28-5)13-11-19)22(27)25(21(16)26)15-17-6-8-18(9-7-17)23(2,3)4/h6-14H,15H2,1-5H3. The lowest BCUT2D eigenvalue weighted by molar-refractivity contribution is 0.414. The molecular weight excluding hydrogens is 352 g/mol. The second kappa shape index (κ2) is 7.50. The molecular formula is C23H26N2O3. The van der Waals surface area contributed by atoms with Gasteiger partial charge in [0.1, 0.15) is 5.75 Å². The third kappa shape index (κ3) is 3.93. The molecule has 0 aliphatic heterocycles. The number of aryl methyl sites for hydroxylation is 1. The van der Waals surface area contributed by atoms with Crippen molar-refractivity contribution in [3.8, 4) is 11.4 Å². The zero-order valence-corrected chi connectivity index (χ0v) is 17.0. The van der Waals surface area contributed by atoms with Gasteiger partial charge in [-0.15, -0.1) is 0 Å². The Bertz CT molecular complexity index is 1080. The second-order valence-electron chi connectivity index (χ2n) is 8.00. The van der Waals surface area contributed by atoms with Crippen LogP contribution in [0.15, 0.2) is 64.3 Å². The highest BCUT2D eigenvalue weighted by atomic mass is 16.5. The normalized spacial score (nSPS) is 11.5. The maximum absolute atomic E-state index is 13.0. The number of rotatable bonds is 4. The van der Waals surface area contributed by atoms with Crippen molar-refractivity contribution in [1.82, 2.24) is 9.13 Å². The van der Waals surface area contributed by atoms with Crippen molar-refractivity contribution < 1.29 is 4.74 Å². The van der Waals surface area contributed by atoms with Crippen LogP contribution in [0.2, 0.25) is 0 Å². The van der Waals surface area contributed by atoms with Crippen molar-refractivity contribution in [3.05, 3.63) is 92.3 Å². The van der Waals surface area contributed by atoms with Crippen molar-refractivity contribution >= 4 is 0 Å². The monoisotopic (exact) mass is 378 g/mol. The van der Waals surface area contributed by atoms with Crippen LogP contribution in [0.3, 0.4) is 0 Å². The maximum atomic E-state index is 13.0. The van der Waals surface area contributed by atoms with Gasteiger partial charge in [0, 0.05) is 11.8 Å². The lowest BCUT2D eigenvalue weighted by atomic mass is 9.87. The zero-order valence-electron chi connectivity index (χ0n) is 17.0. The molecule has 28 heavy (non-hydrogen) atoms. The summed E-state index contributed by atoms with van der Waals surface area (Å²) in [7, 11) is 1.59. The number of hydrogen-bond donors (Lipinski definition) is 0. The van der Waals surface area contributed by atoms with Gasteiger partial charge in [-0.2, -0.15) is 0 Å². The number of benzene rings is 2. The Kier molecular flexibility index (Phi) is 5.27. The van der Waals surface area contributed by atoms with E-state index >= 15 is 0 Å². The van der Waals surface area contributed by atoms with Crippen LogP contribution in [0.1, 0.15) is 37.5 Å². The summed E-state index contributed by atoms with van der Waals surface area (Å²) in [5.41, 5.74) is 2.75. The van der Waals surface area contributed by atoms with Gasteiger partial charge in [0.2, 0.25) is 0 Å². The van der Waals surface area contributed by atoms with Gasteiger partial charge >= 0.3 is 5.69 Å². The minimum absolute atomic E-state index is 0.0553. The quantitative estimate of drug-likeness (QED) is 0.696.